The first-order valence-electron chi connectivity index (χ1n) is 10.9. The van der Waals surface area contributed by atoms with Gasteiger partial charge in [0.15, 0.2) is 0 Å². The smallest absolute Gasteiger partial charge is 0.294 e. The molecule has 2 N–H and O–H groups in total. The average molecular weight is 453 g/mol. The molecule has 3 aromatic rings. The molecule has 1 aliphatic heterocycles. The largest absolute Gasteiger partial charge is 0.340 e. The number of fused-ring (bicyclic) bond motifs is 1. The van der Waals surface area contributed by atoms with E-state index in [0.29, 0.717) is 0 Å². The van der Waals surface area contributed by atoms with Crippen LogP contribution in [0.15, 0.2) is 83.8 Å². The van der Waals surface area contributed by atoms with Crippen molar-refractivity contribution in [3.8, 4) is 0 Å². The molecule has 0 fully saturated rings. The lowest BCUT2D eigenvalue weighted by molar-refractivity contribution is 0.445. The Morgan fingerprint density at radius 1 is 0.969 bits per heavy atom. The molecule has 0 spiro atoms. The Hall–Kier alpha value is -2.67. The molecule has 1 heterocycles. The highest BCUT2D eigenvalue weighted by molar-refractivity contribution is 7.85. The van der Waals surface area contributed by atoms with Gasteiger partial charge in [-0.25, -0.2) is 0 Å². The number of aryl methyl sites for hydroxylation is 1. The molecule has 0 bridgehead atoms. The van der Waals surface area contributed by atoms with E-state index in [1.54, 1.807) is 12.1 Å². The average Bonchev–Trinajstić information content (AvgIpc) is 3.08. The molecule has 0 aliphatic carbocycles. The highest BCUT2D eigenvalue weighted by Gasteiger charge is 2.38. The second-order valence-electron chi connectivity index (χ2n) is 8.49. The van der Waals surface area contributed by atoms with Crippen molar-refractivity contribution in [3.63, 3.8) is 0 Å². The third-order valence-corrected chi connectivity index (χ3v) is 6.76. The predicted molar refractivity (Wildman–Crippen MR) is 131 cm³/mol. The fraction of sp³-hybridized carbons (Fsp3) is 0.308. The first-order chi connectivity index (χ1) is 15.2. The molecule has 1 aliphatic rings. The van der Waals surface area contributed by atoms with Gasteiger partial charge in [0, 0.05) is 23.3 Å². The first-order valence-corrected chi connectivity index (χ1v) is 12.3. The van der Waals surface area contributed by atoms with Crippen molar-refractivity contribution in [1.29, 1.82) is 0 Å². The summed E-state index contributed by atoms with van der Waals surface area (Å²) in [6.45, 7) is 6.40. The third kappa shape index (κ3) is 5.76. The Morgan fingerprint density at radius 3 is 2.22 bits per heavy atom. The zero-order valence-corrected chi connectivity index (χ0v) is 19.8. The second kappa shape index (κ2) is 10.3. The fourth-order valence-electron chi connectivity index (χ4n) is 4.16. The lowest BCUT2D eigenvalue weighted by Gasteiger charge is -2.26. The molecule has 170 valence electrons. The van der Waals surface area contributed by atoms with Crippen LogP contribution < -0.4 is 10.2 Å². The molecule has 0 saturated heterocycles. The van der Waals surface area contributed by atoms with Crippen molar-refractivity contribution in [2.75, 3.05) is 25.0 Å². The number of hydrogen-bond acceptors (Lipinski definition) is 4. The van der Waals surface area contributed by atoms with Gasteiger partial charge in [-0.2, -0.15) is 8.42 Å². The van der Waals surface area contributed by atoms with Gasteiger partial charge < -0.3 is 10.2 Å². The van der Waals surface area contributed by atoms with Gasteiger partial charge in [-0.1, -0.05) is 61.0 Å². The van der Waals surface area contributed by atoms with E-state index in [-0.39, 0.29) is 10.3 Å². The van der Waals surface area contributed by atoms with Crippen LogP contribution in [0.4, 0.5) is 11.4 Å². The van der Waals surface area contributed by atoms with Gasteiger partial charge in [0.05, 0.1) is 4.90 Å². The molecule has 32 heavy (non-hydrogen) atoms. The van der Waals surface area contributed by atoms with Crippen LogP contribution in [0.3, 0.4) is 0 Å². The minimum atomic E-state index is -4.02. The molecule has 0 aromatic heterocycles. The van der Waals surface area contributed by atoms with Gasteiger partial charge in [-0.05, 0) is 69.3 Å². The summed E-state index contributed by atoms with van der Waals surface area (Å²) in [6.07, 6.45) is 2.43. The monoisotopic (exact) mass is 452 g/mol. The van der Waals surface area contributed by atoms with E-state index in [9.17, 15) is 8.42 Å². The SMILES string of the molecule is CNCCC[C@@]1(C)CN(c2ccccc2)c2ccccc21.Cc1ccc(S(=O)(=O)O)cc1. The van der Waals surface area contributed by atoms with E-state index in [1.807, 2.05) is 14.0 Å². The van der Waals surface area contributed by atoms with Gasteiger partial charge in [0.25, 0.3) is 10.1 Å². The maximum atomic E-state index is 10.5. The van der Waals surface area contributed by atoms with Gasteiger partial charge in [0.2, 0.25) is 0 Å². The Labute approximate surface area is 191 Å². The standard InChI is InChI=1S/C19H24N2.C7H8O3S/c1-19(13-8-14-20-2)15-21(16-9-4-3-5-10-16)18-12-7-6-11-17(18)19;1-6-2-4-7(5-3-6)11(8,9)10/h3-7,9-12,20H,8,13-15H2,1-2H3;2-5H,1H3,(H,8,9,10)/t19-;/m0./s1. The van der Waals surface area contributed by atoms with Gasteiger partial charge in [0.1, 0.15) is 0 Å². The topological polar surface area (TPSA) is 69.6 Å². The number of nitrogens with one attached hydrogen (secondary N) is 1. The third-order valence-electron chi connectivity index (χ3n) is 5.89. The van der Waals surface area contributed by atoms with E-state index in [2.05, 4.69) is 71.7 Å². The fourth-order valence-corrected chi connectivity index (χ4v) is 4.64. The van der Waals surface area contributed by atoms with Crippen molar-refractivity contribution >= 4 is 21.5 Å². The van der Waals surface area contributed by atoms with Crippen molar-refractivity contribution < 1.29 is 13.0 Å². The predicted octanol–water partition coefficient (Wildman–Crippen LogP) is 5.34. The Morgan fingerprint density at radius 2 is 1.59 bits per heavy atom. The molecular weight excluding hydrogens is 420 g/mol. The van der Waals surface area contributed by atoms with Crippen LogP contribution in [0.2, 0.25) is 0 Å². The molecule has 1 atom stereocenters. The Kier molecular flexibility index (Phi) is 7.72. The van der Waals surface area contributed by atoms with Crippen LogP contribution in [0, 0.1) is 6.92 Å². The maximum Gasteiger partial charge on any atom is 0.294 e. The van der Waals surface area contributed by atoms with E-state index in [1.165, 1.54) is 41.9 Å². The van der Waals surface area contributed by atoms with Crippen LogP contribution in [0.1, 0.15) is 30.9 Å². The van der Waals surface area contributed by atoms with Crippen LogP contribution in [-0.2, 0) is 15.5 Å². The molecule has 3 aromatic carbocycles. The molecule has 6 heteroatoms. The maximum absolute atomic E-state index is 10.5. The second-order valence-corrected chi connectivity index (χ2v) is 9.92. The normalized spacial score (nSPS) is 17.4. The number of para-hydroxylation sites is 2. The summed E-state index contributed by atoms with van der Waals surface area (Å²) in [4.78, 5) is 2.40. The summed E-state index contributed by atoms with van der Waals surface area (Å²) in [5.41, 5.74) is 5.35. The lowest BCUT2D eigenvalue weighted by Crippen LogP contribution is -2.29. The Bertz CT molecular complexity index is 1120. The van der Waals surface area contributed by atoms with Gasteiger partial charge in [-0.3, -0.25) is 4.55 Å². The molecular formula is C26H32N2O3S. The summed E-state index contributed by atoms with van der Waals surface area (Å²) in [5, 5.41) is 3.26. The highest BCUT2D eigenvalue weighted by Crippen LogP contribution is 2.46. The van der Waals surface area contributed by atoms with Gasteiger partial charge >= 0.3 is 0 Å². The van der Waals surface area contributed by atoms with E-state index >= 15 is 0 Å². The summed E-state index contributed by atoms with van der Waals surface area (Å²) >= 11 is 0. The van der Waals surface area contributed by atoms with Gasteiger partial charge in [-0.15, -0.1) is 0 Å². The molecule has 5 nitrogen and oxygen atoms in total. The van der Waals surface area contributed by atoms with Crippen LogP contribution in [0.5, 0.6) is 0 Å². The number of hydrogen-bond donors (Lipinski definition) is 2. The molecule has 4 rings (SSSR count). The Balaban J connectivity index is 0.000000222. The molecule has 0 saturated carbocycles. The summed E-state index contributed by atoms with van der Waals surface area (Å²) < 4.78 is 29.6. The van der Waals surface area contributed by atoms with Crippen LogP contribution in [-0.4, -0.2) is 33.1 Å². The van der Waals surface area contributed by atoms with Crippen LogP contribution in [0.25, 0.3) is 0 Å². The van der Waals surface area contributed by atoms with E-state index in [0.717, 1.165) is 18.7 Å². The molecule has 0 amide bonds. The summed E-state index contributed by atoms with van der Waals surface area (Å²) in [5.74, 6) is 0. The zero-order chi connectivity index (χ0) is 23.2. The first kappa shape index (κ1) is 24.0. The lowest BCUT2D eigenvalue weighted by atomic mass is 9.80. The molecule has 0 radical (unpaired) electrons. The van der Waals surface area contributed by atoms with Crippen LogP contribution >= 0.6 is 0 Å². The number of rotatable bonds is 6. The molecule has 0 unspecified atom stereocenters. The quantitative estimate of drug-likeness (QED) is 0.390. The van der Waals surface area contributed by atoms with Crippen molar-refractivity contribution in [2.24, 2.45) is 0 Å². The number of benzene rings is 3. The summed E-state index contributed by atoms with van der Waals surface area (Å²) in [7, 11) is -1.99. The van der Waals surface area contributed by atoms with Crippen molar-refractivity contribution in [2.45, 2.75) is 37.0 Å². The minimum absolute atomic E-state index is 0.0666. The van der Waals surface area contributed by atoms with Crippen molar-refractivity contribution in [3.05, 3.63) is 90.0 Å². The minimum Gasteiger partial charge on any atom is -0.340 e. The van der Waals surface area contributed by atoms with Crippen molar-refractivity contribution in [1.82, 2.24) is 5.32 Å². The summed E-state index contributed by atoms with van der Waals surface area (Å²) in [6, 6.07) is 25.6. The number of nitrogens with zero attached hydrogens (tertiary/aromatic N) is 1. The van der Waals surface area contributed by atoms with E-state index < -0.39 is 10.1 Å². The van der Waals surface area contributed by atoms with E-state index in [4.69, 9.17) is 4.55 Å². The number of anilines is 2. The highest BCUT2D eigenvalue weighted by atomic mass is 32.2. The zero-order valence-electron chi connectivity index (χ0n) is 19.0.